The Bertz CT molecular complexity index is 520. The van der Waals surface area contributed by atoms with Crippen LogP contribution in [0.1, 0.15) is 36.1 Å². The predicted octanol–water partition coefficient (Wildman–Crippen LogP) is 3.13. The zero-order valence-corrected chi connectivity index (χ0v) is 11.1. The van der Waals surface area contributed by atoms with Crippen LogP contribution in [0.4, 0.5) is 0 Å². The molecule has 0 aromatic carbocycles. The van der Waals surface area contributed by atoms with Crippen LogP contribution >= 0.6 is 11.3 Å². The van der Waals surface area contributed by atoms with Gasteiger partial charge < -0.3 is 5.11 Å². The summed E-state index contributed by atoms with van der Waals surface area (Å²) in [7, 11) is 0. The number of nitrogens with zero attached hydrogens (tertiary/aromatic N) is 2. The van der Waals surface area contributed by atoms with Gasteiger partial charge in [0.25, 0.3) is 0 Å². The summed E-state index contributed by atoms with van der Waals surface area (Å²) in [6.07, 6.45) is 4.15. The molecule has 0 bridgehead atoms. The molecule has 2 aromatic rings. The molecule has 0 saturated heterocycles. The third-order valence-corrected chi connectivity index (χ3v) is 4.09. The van der Waals surface area contributed by atoms with Crippen molar-refractivity contribution < 1.29 is 5.11 Å². The molecule has 1 unspecified atom stereocenters. The van der Waals surface area contributed by atoms with Gasteiger partial charge in [-0.3, -0.25) is 4.98 Å². The van der Waals surface area contributed by atoms with Crippen LogP contribution in [0.15, 0.2) is 18.5 Å². The van der Waals surface area contributed by atoms with Gasteiger partial charge in [0.1, 0.15) is 5.01 Å². The highest BCUT2D eigenvalue weighted by atomic mass is 32.1. The van der Waals surface area contributed by atoms with Gasteiger partial charge in [0.15, 0.2) is 0 Å². The number of aliphatic hydroxyl groups is 1. The van der Waals surface area contributed by atoms with Crippen molar-refractivity contribution in [1.29, 1.82) is 0 Å². The molecular weight excluding hydrogens is 232 g/mol. The van der Waals surface area contributed by atoms with E-state index < -0.39 is 6.10 Å². The lowest BCUT2D eigenvalue weighted by molar-refractivity contribution is 0.202. The quantitative estimate of drug-likeness (QED) is 0.907. The molecule has 0 saturated carbocycles. The molecule has 90 valence electrons. The van der Waals surface area contributed by atoms with Crippen LogP contribution in [-0.4, -0.2) is 15.1 Å². The Kier molecular flexibility index (Phi) is 3.54. The van der Waals surface area contributed by atoms with E-state index in [2.05, 4.69) is 16.9 Å². The lowest BCUT2D eigenvalue weighted by Gasteiger charge is -2.02. The van der Waals surface area contributed by atoms with Crippen molar-refractivity contribution in [3.63, 3.8) is 0 Å². The number of aromatic nitrogens is 2. The lowest BCUT2D eigenvalue weighted by Crippen LogP contribution is -1.89. The van der Waals surface area contributed by atoms with E-state index in [4.69, 9.17) is 0 Å². The zero-order valence-electron chi connectivity index (χ0n) is 10.3. The van der Waals surface area contributed by atoms with Crippen LogP contribution < -0.4 is 0 Å². The van der Waals surface area contributed by atoms with Gasteiger partial charge in [0.2, 0.25) is 0 Å². The number of rotatable bonds is 3. The summed E-state index contributed by atoms with van der Waals surface area (Å²) in [4.78, 5) is 9.62. The normalized spacial score (nSPS) is 12.7. The van der Waals surface area contributed by atoms with Crippen molar-refractivity contribution in [3.05, 3.63) is 34.6 Å². The first-order chi connectivity index (χ1) is 8.13. The van der Waals surface area contributed by atoms with Crippen LogP contribution in [0.5, 0.6) is 0 Å². The van der Waals surface area contributed by atoms with Gasteiger partial charge in [-0.1, -0.05) is 6.92 Å². The molecule has 0 aliphatic rings. The van der Waals surface area contributed by atoms with E-state index >= 15 is 0 Å². The predicted molar refractivity (Wildman–Crippen MR) is 70.1 cm³/mol. The maximum Gasteiger partial charge on any atom is 0.124 e. The van der Waals surface area contributed by atoms with Gasteiger partial charge in [-0.05, 0) is 31.9 Å². The fraction of sp³-hybridized carbons (Fsp3) is 0.385. The molecule has 3 nitrogen and oxygen atoms in total. The highest BCUT2D eigenvalue weighted by molar-refractivity contribution is 7.15. The molecule has 0 radical (unpaired) electrons. The molecular formula is C13H16N2OS. The summed E-state index contributed by atoms with van der Waals surface area (Å²) in [5.74, 6) is 0. The largest absolute Gasteiger partial charge is 0.388 e. The Hall–Kier alpha value is -1.26. The van der Waals surface area contributed by atoms with E-state index in [0.29, 0.717) is 0 Å². The molecule has 1 atom stereocenters. The summed E-state index contributed by atoms with van der Waals surface area (Å²) < 4.78 is 0. The number of aryl methyl sites for hydroxylation is 2. The third-order valence-electron chi connectivity index (χ3n) is 2.73. The molecule has 2 rings (SSSR count). The number of aliphatic hydroxyl groups excluding tert-OH is 1. The zero-order chi connectivity index (χ0) is 12.4. The van der Waals surface area contributed by atoms with Gasteiger partial charge in [-0.2, -0.15) is 0 Å². The van der Waals surface area contributed by atoms with E-state index in [9.17, 15) is 5.11 Å². The number of hydrogen-bond donors (Lipinski definition) is 1. The highest BCUT2D eigenvalue weighted by Crippen LogP contribution is 2.33. The van der Waals surface area contributed by atoms with Crippen LogP contribution in [0.3, 0.4) is 0 Å². The monoisotopic (exact) mass is 248 g/mol. The fourth-order valence-electron chi connectivity index (χ4n) is 1.83. The lowest BCUT2D eigenvalue weighted by atomic mass is 10.1. The molecule has 0 fully saturated rings. The van der Waals surface area contributed by atoms with Crippen molar-refractivity contribution in [2.75, 3.05) is 0 Å². The first kappa shape index (κ1) is 12.2. The van der Waals surface area contributed by atoms with Crippen molar-refractivity contribution in [2.45, 2.75) is 33.3 Å². The minimum atomic E-state index is -0.451. The summed E-state index contributed by atoms with van der Waals surface area (Å²) in [6, 6.07) is 1.99. The molecule has 2 heterocycles. The topological polar surface area (TPSA) is 46.0 Å². The van der Waals surface area contributed by atoms with Gasteiger partial charge >= 0.3 is 0 Å². The Morgan fingerprint density at radius 3 is 2.82 bits per heavy atom. The molecule has 17 heavy (non-hydrogen) atoms. The number of pyridine rings is 1. The molecule has 0 spiro atoms. The molecule has 1 N–H and O–H groups in total. The van der Waals surface area contributed by atoms with Gasteiger partial charge in [-0.25, -0.2) is 4.98 Å². The van der Waals surface area contributed by atoms with Gasteiger partial charge in [-0.15, -0.1) is 11.3 Å². The maximum atomic E-state index is 9.65. The van der Waals surface area contributed by atoms with Crippen LogP contribution in [0.25, 0.3) is 10.6 Å². The molecule has 0 amide bonds. The first-order valence-electron chi connectivity index (χ1n) is 5.72. The molecule has 0 aliphatic carbocycles. The van der Waals surface area contributed by atoms with Gasteiger partial charge in [0, 0.05) is 18.0 Å². The summed E-state index contributed by atoms with van der Waals surface area (Å²) in [6.45, 7) is 5.82. The smallest absolute Gasteiger partial charge is 0.124 e. The molecule has 4 heteroatoms. The highest BCUT2D eigenvalue weighted by Gasteiger charge is 2.14. The van der Waals surface area contributed by atoms with Crippen molar-refractivity contribution in [2.24, 2.45) is 0 Å². The Morgan fingerprint density at radius 1 is 1.47 bits per heavy atom. The minimum absolute atomic E-state index is 0.451. The Labute approximate surface area is 105 Å². The average Bonchev–Trinajstić information content (AvgIpc) is 2.71. The second-order valence-corrected chi connectivity index (χ2v) is 5.06. The van der Waals surface area contributed by atoms with Crippen molar-refractivity contribution >= 4 is 11.3 Å². The van der Waals surface area contributed by atoms with Crippen LogP contribution in [0, 0.1) is 6.92 Å². The minimum Gasteiger partial charge on any atom is -0.388 e. The summed E-state index contributed by atoms with van der Waals surface area (Å²) in [5.41, 5.74) is 3.24. The average molecular weight is 248 g/mol. The maximum absolute atomic E-state index is 9.65. The second kappa shape index (κ2) is 4.94. The van der Waals surface area contributed by atoms with E-state index in [-0.39, 0.29) is 0 Å². The number of hydrogen-bond acceptors (Lipinski definition) is 4. The Morgan fingerprint density at radius 2 is 2.24 bits per heavy atom. The Balaban J connectivity index is 2.50. The summed E-state index contributed by atoms with van der Waals surface area (Å²) in [5, 5.41) is 10.6. The van der Waals surface area contributed by atoms with Crippen LogP contribution in [0.2, 0.25) is 0 Å². The summed E-state index contributed by atoms with van der Waals surface area (Å²) >= 11 is 1.56. The third kappa shape index (κ3) is 2.37. The van der Waals surface area contributed by atoms with Crippen LogP contribution in [-0.2, 0) is 6.42 Å². The van der Waals surface area contributed by atoms with E-state index in [0.717, 1.165) is 27.6 Å². The first-order valence-corrected chi connectivity index (χ1v) is 6.53. The fourth-order valence-corrected chi connectivity index (χ4v) is 2.89. The van der Waals surface area contributed by atoms with E-state index in [1.807, 2.05) is 19.2 Å². The van der Waals surface area contributed by atoms with E-state index in [1.54, 1.807) is 24.5 Å². The molecule has 2 aromatic heterocycles. The molecule has 0 aliphatic heterocycles. The SMILES string of the molecule is CCc1cnccc1-c1nc(C)c(C(C)O)s1. The standard InChI is InChI=1S/C13H16N2OS/c1-4-10-7-14-6-5-11(10)13-15-8(2)12(17-13)9(3)16/h5-7,9,16H,4H2,1-3H3. The van der Waals surface area contributed by atoms with Gasteiger partial charge in [0.05, 0.1) is 16.7 Å². The van der Waals surface area contributed by atoms with Crippen molar-refractivity contribution in [1.82, 2.24) is 9.97 Å². The second-order valence-electron chi connectivity index (χ2n) is 4.03. The van der Waals surface area contributed by atoms with E-state index in [1.165, 1.54) is 5.56 Å². The van der Waals surface area contributed by atoms with Crippen molar-refractivity contribution in [3.8, 4) is 10.6 Å². The number of thiazole rings is 1.